The average molecular weight is 1970 g/mol. The first-order valence-corrected chi connectivity index (χ1v) is 47.0. The second kappa shape index (κ2) is 48.6. The number of rotatable bonds is 29. The Hall–Kier alpha value is -16.8. The van der Waals surface area contributed by atoms with Crippen LogP contribution in [0.1, 0.15) is 64.7 Å². The summed E-state index contributed by atoms with van der Waals surface area (Å²) in [4.78, 5) is 176. The first kappa shape index (κ1) is 101. The van der Waals surface area contributed by atoms with Gasteiger partial charge in [-0.15, -0.1) is 0 Å². The summed E-state index contributed by atoms with van der Waals surface area (Å²) in [6.07, 6.45) is 21.7. The van der Waals surface area contributed by atoms with Gasteiger partial charge in [0.05, 0.1) is 87.0 Å². The molecule has 0 aliphatic carbocycles. The number of nitrogens with one attached hydrogen (secondary N) is 8. The fraction of sp³-hybridized carbons (Fsp3) is 0.313. The maximum Gasteiger partial charge on any atom is 0.413 e. The maximum atomic E-state index is 14.7. The largest absolute Gasteiger partial charge is 0.480 e. The molecule has 9 N–H and O–H groups in total. The van der Waals surface area contributed by atoms with E-state index in [9.17, 15) is 33.2 Å². The Morgan fingerprint density at radius 1 is 0.407 bits per heavy atom. The summed E-state index contributed by atoms with van der Waals surface area (Å²) in [7, 11) is 3.94. The predicted molar refractivity (Wildman–Crippen MR) is 535 cm³/mol. The molecule has 0 bridgehead atoms. The highest BCUT2D eigenvalue weighted by Crippen LogP contribution is 2.39. The number of hydrogen-bond donors (Lipinski definition) is 9. The lowest BCUT2D eigenvalue weighted by molar-refractivity contribution is -0.146. The molecule has 15 heterocycles. The number of carboxylic acid groups (broad SMARTS) is 1. The number of carbonyl (C=O) groups is 6. The second-order valence-corrected chi connectivity index (χ2v) is 33.7. The minimum absolute atomic E-state index is 0.151. The number of halogens is 1. The number of piperazine rings is 2. The van der Waals surface area contributed by atoms with Crippen LogP contribution in [0, 0.1) is 5.82 Å². The van der Waals surface area contributed by atoms with Gasteiger partial charge in [-0.05, 0) is 163 Å². The SMILES string of the molecule is CCOC(=O)Nc1nc2c(-c3ncccc3F)cc(-c3cnc(CN4CCOCC4)nc3)cc2[nH]1.CCOC(=O)Nc1nc2c(-c3ncccn3)cc(-c3ccc(CN4CCN(C(=O)COCC(=O)O)CC4)nc3)cc2[nH]1.CCOC(=O)Nc1nc2c(-c3ncccn3)cc(-c3cnc(CN(C)C)nc3)cc2[nH]1.CCOC(=O)Nc1nc2c(-c3ncccn3)cc(-c3cnc(CN4CCN(C(C)C)CC4)nc3)cc2[nH]1. The number of H-pyrrole nitrogens is 4. The monoisotopic (exact) mass is 1970 g/mol. The zero-order chi connectivity index (χ0) is 101. The van der Waals surface area contributed by atoms with E-state index in [0.717, 1.165) is 130 Å². The number of hydrogen-bond acceptors (Lipinski definition) is 35. The summed E-state index contributed by atoms with van der Waals surface area (Å²) < 4.78 is 44.8. The summed E-state index contributed by atoms with van der Waals surface area (Å²) in [6.45, 7) is 24.1. The van der Waals surface area contributed by atoms with E-state index < -0.39 is 42.8 Å². The lowest BCUT2D eigenvalue weighted by Crippen LogP contribution is -2.49. The Balaban J connectivity index is 0.000000139. The number of amides is 5. The number of anilines is 4. The van der Waals surface area contributed by atoms with E-state index in [4.69, 9.17) is 33.5 Å². The minimum Gasteiger partial charge on any atom is -0.480 e. The highest BCUT2D eigenvalue weighted by molar-refractivity contribution is 6.01. The molecule has 0 saturated carbocycles. The first-order chi connectivity index (χ1) is 70.5. The second-order valence-electron chi connectivity index (χ2n) is 33.7. The van der Waals surface area contributed by atoms with Gasteiger partial charge in [0.15, 0.2) is 17.5 Å². The Bertz CT molecular complexity index is 7120. The summed E-state index contributed by atoms with van der Waals surface area (Å²) >= 11 is 0. The molecule has 4 aromatic carbocycles. The number of aromatic amines is 4. The first-order valence-electron chi connectivity index (χ1n) is 47.0. The number of nitrogens with zero attached hydrogens (tertiary/aromatic N) is 24. The van der Waals surface area contributed by atoms with Gasteiger partial charge in [-0.1, -0.05) is 6.07 Å². The fourth-order valence-electron chi connectivity index (χ4n) is 16.0. The average Bonchev–Trinajstić information content (AvgIpc) is 1.68. The van der Waals surface area contributed by atoms with Crippen LogP contribution in [0.25, 0.3) is 134 Å². The third kappa shape index (κ3) is 26.9. The van der Waals surface area contributed by atoms with E-state index in [1.807, 2.05) is 86.0 Å². The Morgan fingerprint density at radius 3 is 1.14 bits per heavy atom. The van der Waals surface area contributed by atoms with Crippen LogP contribution >= 0.6 is 0 Å². The van der Waals surface area contributed by atoms with Gasteiger partial charge in [0, 0.05) is 209 Å². The maximum absolute atomic E-state index is 14.7. The number of aromatic nitrogens is 22. The molecule has 0 spiro atoms. The van der Waals surface area contributed by atoms with Gasteiger partial charge in [0.25, 0.3) is 0 Å². The topological polar surface area (TPSA) is 541 Å². The molecule has 19 rings (SSSR count). The van der Waals surface area contributed by atoms with Crippen molar-refractivity contribution in [1.29, 1.82) is 0 Å². The lowest BCUT2D eigenvalue weighted by atomic mass is 10.0. The van der Waals surface area contributed by atoms with Crippen molar-refractivity contribution >= 4 is 104 Å². The molecular weight excluding hydrogens is 1860 g/mol. The summed E-state index contributed by atoms with van der Waals surface area (Å²) in [6, 6.07) is 28.0. The normalized spacial score (nSPS) is 13.6. The van der Waals surface area contributed by atoms with Crippen molar-refractivity contribution in [2.75, 3.05) is 154 Å². The summed E-state index contributed by atoms with van der Waals surface area (Å²) in [5.74, 6) is 3.01. The molecule has 16 aromatic rings. The van der Waals surface area contributed by atoms with Crippen molar-refractivity contribution in [3.8, 4) is 89.9 Å². The van der Waals surface area contributed by atoms with Crippen molar-refractivity contribution < 1.29 is 66.7 Å². The Kier molecular flexibility index (Phi) is 33.9. The van der Waals surface area contributed by atoms with Crippen LogP contribution in [-0.2, 0) is 64.2 Å². The molecule has 3 aliphatic heterocycles. The number of benzene rings is 4. The van der Waals surface area contributed by atoms with Gasteiger partial charge in [-0.3, -0.25) is 55.6 Å². The summed E-state index contributed by atoms with van der Waals surface area (Å²) in [5.41, 5.74) is 15.4. The molecule has 0 atom stereocenters. The number of imidazole rings is 4. The van der Waals surface area contributed by atoms with Crippen LogP contribution in [0.4, 0.5) is 47.4 Å². The molecule has 3 saturated heterocycles. The zero-order valence-electron chi connectivity index (χ0n) is 80.8. The van der Waals surface area contributed by atoms with Crippen LogP contribution in [0.5, 0.6) is 0 Å². The molecule has 3 fully saturated rings. The third-order valence-electron chi connectivity index (χ3n) is 23.0. The van der Waals surface area contributed by atoms with Gasteiger partial charge in [0.1, 0.15) is 64.3 Å². The molecule has 45 nitrogen and oxygen atoms in total. The highest BCUT2D eigenvalue weighted by atomic mass is 19.1. The van der Waals surface area contributed by atoms with Gasteiger partial charge in [0.2, 0.25) is 29.7 Å². The number of fused-ring (bicyclic) bond motifs is 4. The quantitative estimate of drug-likeness (QED) is 0.0197. The van der Waals surface area contributed by atoms with Gasteiger partial charge in [-0.2, -0.15) is 0 Å². The van der Waals surface area contributed by atoms with Crippen molar-refractivity contribution in [3.05, 3.63) is 207 Å². The van der Waals surface area contributed by atoms with Crippen LogP contribution in [-0.4, -0.2) is 319 Å². The smallest absolute Gasteiger partial charge is 0.413 e. The van der Waals surface area contributed by atoms with E-state index >= 15 is 0 Å². The lowest BCUT2D eigenvalue weighted by Gasteiger charge is -2.36. The van der Waals surface area contributed by atoms with Crippen molar-refractivity contribution in [1.82, 2.24) is 139 Å². The standard InChI is InChI=1S/C28H30N8O6.C26H31N9O2.C24H24FN7O3.C21H22N8O2/c1-2-42-28(40)34-27-32-22-13-19(12-21(25(22)33-27)26-29-6-3-7-30-26)18-4-5-20(31-14-18)15-35-8-10-36(11-9-35)23(37)16-41-17-24(38)39;1-4-37-26(36)33-25-31-21-13-18(12-20(23(21)32-25)24-27-6-5-7-28-24)19-14-29-22(30-15-19)16-34-8-10-35(11-9-34)17(2)3;1-2-35-24(33)31-23-29-19-11-15(10-17(22(19)30-23)21-18(25)4-3-5-26-21)16-12-27-20(28-13-16)14-32-6-8-34-9-7-32;1-4-31-21(30)28-20-26-16-9-13(14-10-24-17(25-11-14)12-29(2)3)8-15(18(16)27-20)19-22-6-5-7-23-19/h3-7,12-14H,2,8-11,15-17H2,1H3,(H,38,39)(H2,32,33,34,40);5-7,12-15,17H,4,8-11,16H2,1-3H3,(H2,31,32,33,36);3-5,10-13H,2,6-9,14H2,1H3,(H2,29,30,31,33);5-11H,4,12H2,1-3H3,(H2,26,27,28,30). The van der Waals surface area contributed by atoms with Crippen molar-refractivity contribution in [2.24, 2.45) is 0 Å². The van der Waals surface area contributed by atoms with E-state index in [0.29, 0.717) is 132 Å². The van der Waals surface area contributed by atoms with Crippen molar-refractivity contribution in [2.45, 2.75) is 73.8 Å². The van der Waals surface area contributed by atoms with Gasteiger partial charge in [-0.25, -0.2) is 108 Å². The Morgan fingerprint density at radius 2 is 0.766 bits per heavy atom. The number of aliphatic carboxylic acids is 1. The fourth-order valence-corrected chi connectivity index (χ4v) is 16.0. The molecule has 12 aromatic heterocycles. The van der Waals surface area contributed by atoms with Gasteiger partial charge < -0.3 is 63.3 Å². The van der Waals surface area contributed by atoms with E-state index in [-0.39, 0.29) is 68.4 Å². The van der Waals surface area contributed by atoms with Crippen LogP contribution in [0.15, 0.2) is 178 Å². The number of ether oxygens (including phenoxy) is 6. The molecule has 5 amide bonds. The number of carbonyl (C=O) groups excluding carboxylic acids is 5. The van der Waals surface area contributed by atoms with Crippen molar-refractivity contribution in [3.63, 3.8) is 0 Å². The molecule has 46 heteroatoms. The molecule has 145 heavy (non-hydrogen) atoms. The predicted octanol–water partition coefficient (Wildman–Crippen LogP) is 12.7. The van der Waals surface area contributed by atoms with Crippen LogP contribution in [0.3, 0.4) is 0 Å². The number of pyridine rings is 2. The molecule has 0 unspecified atom stereocenters. The number of morpholine rings is 1. The summed E-state index contributed by atoms with van der Waals surface area (Å²) in [5, 5.41) is 19.0. The molecule has 0 radical (unpaired) electrons. The third-order valence-corrected chi connectivity index (χ3v) is 23.0. The molecule has 3 aliphatic rings. The zero-order valence-corrected chi connectivity index (χ0v) is 80.8. The highest BCUT2D eigenvalue weighted by Gasteiger charge is 2.28. The van der Waals surface area contributed by atoms with Crippen LogP contribution in [0.2, 0.25) is 0 Å². The van der Waals surface area contributed by atoms with Crippen LogP contribution < -0.4 is 21.3 Å². The van der Waals surface area contributed by atoms with E-state index in [1.54, 1.807) is 125 Å². The van der Waals surface area contributed by atoms with E-state index in [2.05, 4.69) is 164 Å². The minimum atomic E-state index is -1.10. The Labute approximate surface area is 829 Å². The van der Waals surface area contributed by atoms with E-state index in [1.165, 1.54) is 18.3 Å². The number of carboxylic acids is 1. The van der Waals surface area contributed by atoms with Gasteiger partial charge >= 0.3 is 30.3 Å². The molecule has 748 valence electrons. The molecular formula is C99H107FN32O13.